The maximum atomic E-state index is 11.4. The molecule has 0 fully saturated rings. The third-order valence-electron chi connectivity index (χ3n) is 3.91. The molecule has 0 saturated heterocycles. The summed E-state index contributed by atoms with van der Waals surface area (Å²) in [4.78, 5) is 11.4. The fourth-order valence-electron chi connectivity index (χ4n) is 2.21. The van der Waals surface area contributed by atoms with E-state index < -0.39 is 0 Å². The largest absolute Gasteiger partial charge is 0.379 e. The van der Waals surface area contributed by atoms with Gasteiger partial charge in [-0.1, -0.05) is 27.7 Å². The molecule has 0 unspecified atom stereocenters. The van der Waals surface area contributed by atoms with Crippen molar-refractivity contribution in [2.24, 2.45) is 11.8 Å². The average molecular weight is 391 g/mol. The predicted octanol–water partition coefficient (Wildman–Crippen LogP) is 3.51. The minimum atomic E-state index is 0.117. The zero-order chi connectivity index (χ0) is 20.2. The van der Waals surface area contributed by atoms with Crippen LogP contribution in [0, 0.1) is 11.8 Å². The number of ketones is 1. The molecule has 6 nitrogen and oxygen atoms in total. The van der Waals surface area contributed by atoms with Crippen LogP contribution < -0.4 is 0 Å². The van der Waals surface area contributed by atoms with Gasteiger partial charge in [-0.2, -0.15) is 0 Å². The Kier molecular flexibility index (Phi) is 19.8. The second kappa shape index (κ2) is 20.2. The van der Waals surface area contributed by atoms with E-state index in [2.05, 4.69) is 13.8 Å². The van der Waals surface area contributed by atoms with Gasteiger partial charge in [-0.25, -0.2) is 0 Å². The van der Waals surface area contributed by atoms with E-state index in [-0.39, 0.29) is 5.92 Å². The number of ether oxygens (including phenoxy) is 5. The molecule has 0 aliphatic rings. The number of carbonyl (C=O) groups is 1. The molecule has 0 bridgehead atoms. The molecule has 6 heteroatoms. The smallest absolute Gasteiger partial charge is 0.135 e. The average Bonchev–Trinajstić information content (AvgIpc) is 2.63. The van der Waals surface area contributed by atoms with Crippen molar-refractivity contribution in [2.75, 3.05) is 66.1 Å². The number of hydrogen-bond acceptors (Lipinski definition) is 6. The quantitative estimate of drug-likeness (QED) is 0.280. The Morgan fingerprint density at radius 1 is 0.593 bits per heavy atom. The van der Waals surface area contributed by atoms with Crippen LogP contribution in [0.4, 0.5) is 0 Å². The van der Waals surface area contributed by atoms with Gasteiger partial charge in [0.15, 0.2) is 0 Å². The van der Waals surface area contributed by atoms with Crippen molar-refractivity contribution in [3.8, 4) is 0 Å². The van der Waals surface area contributed by atoms with E-state index in [9.17, 15) is 4.79 Å². The van der Waals surface area contributed by atoms with Gasteiger partial charge in [0.05, 0.1) is 52.9 Å². The van der Waals surface area contributed by atoms with Crippen LogP contribution in [0.3, 0.4) is 0 Å². The summed E-state index contributed by atoms with van der Waals surface area (Å²) in [6.45, 7) is 14.3. The van der Waals surface area contributed by atoms with Crippen LogP contribution in [0.5, 0.6) is 0 Å². The highest BCUT2D eigenvalue weighted by Gasteiger charge is 2.05. The Morgan fingerprint density at radius 3 is 1.33 bits per heavy atom. The van der Waals surface area contributed by atoms with Gasteiger partial charge in [-0.15, -0.1) is 0 Å². The van der Waals surface area contributed by atoms with E-state index in [1.165, 1.54) is 6.42 Å². The van der Waals surface area contributed by atoms with Gasteiger partial charge in [0.25, 0.3) is 0 Å². The van der Waals surface area contributed by atoms with Gasteiger partial charge in [0.1, 0.15) is 5.78 Å². The molecular formula is C21H42O6. The molecule has 0 rings (SSSR count). The molecule has 0 aliphatic carbocycles. The van der Waals surface area contributed by atoms with Crippen LogP contribution >= 0.6 is 0 Å². The van der Waals surface area contributed by atoms with Crippen molar-refractivity contribution >= 4 is 5.78 Å². The van der Waals surface area contributed by atoms with Gasteiger partial charge in [-0.05, 0) is 25.2 Å². The van der Waals surface area contributed by atoms with Gasteiger partial charge in [0.2, 0.25) is 0 Å². The highest BCUT2D eigenvalue weighted by Crippen LogP contribution is 2.03. The molecule has 0 aromatic rings. The molecule has 162 valence electrons. The first kappa shape index (κ1) is 26.5. The molecule has 0 saturated carbocycles. The number of carbonyl (C=O) groups excluding carboxylic acids is 1. The van der Waals surface area contributed by atoms with Gasteiger partial charge in [-0.3, -0.25) is 4.79 Å². The third-order valence-corrected chi connectivity index (χ3v) is 3.91. The van der Waals surface area contributed by atoms with Crippen molar-refractivity contribution in [3.05, 3.63) is 0 Å². The molecule has 0 spiro atoms. The Labute approximate surface area is 166 Å². The molecule has 0 atom stereocenters. The van der Waals surface area contributed by atoms with Crippen LogP contribution in [0.15, 0.2) is 0 Å². The van der Waals surface area contributed by atoms with E-state index in [1.54, 1.807) is 0 Å². The zero-order valence-corrected chi connectivity index (χ0v) is 18.0. The van der Waals surface area contributed by atoms with Crippen molar-refractivity contribution in [1.29, 1.82) is 0 Å². The highest BCUT2D eigenvalue weighted by atomic mass is 16.6. The lowest BCUT2D eigenvalue weighted by atomic mass is 10.1. The second-order valence-electron chi connectivity index (χ2n) is 7.32. The lowest BCUT2D eigenvalue weighted by Crippen LogP contribution is -2.13. The van der Waals surface area contributed by atoms with Crippen LogP contribution in [-0.4, -0.2) is 71.9 Å². The van der Waals surface area contributed by atoms with Gasteiger partial charge < -0.3 is 23.7 Å². The normalized spacial score (nSPS) is 11.6. The Hall–Kier alpha value is -0.530. The third kappa shape index (κ3) is 21.6. The van der Waals surface area contributed by atoms with Crippen LogP contribution in [0.2, 0.25) is 0 Å². The highest BCUT2D eigenvalue weighted by molar-refractivity contribution is 5.80. The van der Waals surface area contributed by atoms with Crippen molar-refractivity contribution in [2.45, 2.75) is 53.4 Å². The summed E-state index contributed by atoms with van der Waals surface area (Å²) in [7, 11) is 0. The van der Waals surface area contributed by atoms with Crippen LogP contribution in [-0.2, 0) is 28.5 Å². The first-order valence-corrected chi connectivity index (χ1v) is 10.5. The molecule has 27 heavy (non-hydrogen) atoms. The van der Waals surface area contributed by atoms with Crippen molar-refractivity contribution in [3.63, 3.8) is 0 Å². The van der Waals surface area contributed by atoms with E-state index in [0.29, 0.717) is 71.7 Å². The van der Waals surface area contributed by atoms with E-state index in [0.717, 1.165) is 25.4 Å². The molecule has 0 N–H and O–H groups in total. The molecule has 0 amide bonds. The fourth-order valence-corrected chi connectivity index (χ4v) is 2.21. The molecule has 0 aromatic carbocycles. The first-order valence-electron chi connectivity index (χ1n) is 10.5. The fraction of sp³-hybridized carbons (Fsp3) is 0.952. The van der Waals surface area contributed by atoms with Gasteiger partial charge in [0, 0.05) is 25.6 Å². The summed E-state index contributed by atoms with van der Waals surface area (Å²) in [5.74, 6) is 1.15. The topological polar surface area (TPSA) is 63.2 Å². The SMILES string of the molecule is CC(C)CCCOCCOCCOCCOCCOCCCC(=O)C(C)C. The summed E-state index contributed by atoms with van der Waals surface area (Å²) < 4.78 is 27.2. The van der Waals surface area contributed by atoms with E-state index >= 15 is 0 Å². The number of hydrogen-bond donors (Lipinski definition) is 0. The lowest BCUT2D eigenvalue weighted by Gasteiger charge is -2.08. The minimum absolute atomic E-state index is 0.117. The maximum Gasteiger partial charge on any atom is 0.135 e. The summed E-state index contributed by atoms with van der Waals surface area (Å²) >= 11 is 0. The Morgan fingerprint density at radius 2 is 0.963 bits per heavy atom. The van der Waals surface area contributed by atoms with E-state index in [4.69, 9.17) is 23.7 Å². The predicted molar refractivity (Wildman–Crippen MR) is 107 cm³/mol. The minimum Gasteiger partial charge on any atom is -0.379 e. The first-order chi connectivity index (χ1) is 13.0. The van der Waals surface area contributed by atoms with Crippen molar-refractivity contribution < 1.29 is 28.5 Å². The molecule has 0 radical (unpaired) electrons. The molecule has 0 aliphatic heterocycles. The second-order valence-corrected chi connectivity index (χ2v) is 7.32. The lowest BCUT2D eigenvalue weighted by molar-refractivity contribution is -0.122. The van der Waals surface area contributed by atoms with E-state index in [1.807, 2.05) is 13.8 Å². The summed E-state index contributed by atoms with van der Waals surface area (Å²) in [6.07, 6.45) is 3.70. The van der Waals surface area contributed by atoms with Crippen LogP contribution in [0.25, 0.3) is 0 Å². The maximum absolute atomic E-state index is 11.4. The molecular weight excluding hydrogens is 348 g/mol. The number of rotatable bonds is 21. The Balaban J connectivity index is 3.06. The molecule has 0 heterocycles. The van der Waals surface area contributed by atoms with Gasteiger partial charge >= 0.3 is 0 Å². The monoisotopic (exact) mass is 390 g/mol. The summed E-state index contributed by atoms with van der Waals surface area (Å²) in [6, 6.07) is 0. The standard InChI is InChI=1S/C21H42O6/c1-19(2)7-5-9-23-11-13-25-15-17-27-18-16-26-14-12-24-10-6-8-21(22)20(3)4/h19-20H,5-18H2,1-4H3. The molecule has 0 aromatic heterocycles. The summed E-state index contributed by atoms with van der Waals surface area (Å²) in [5.41, 5.74) is 0. The zero-order valence-electron chi connectivity index (χ0n) is 18.0. The summed E-state index contributed by atoms with van der Waals surface area (Å²) in [5, 5.41) is 0. The Bertz CT molecular complexity index is 320. The van der Waals surface area contributed by atoms with Crippen molar-refractivity contribution in [1.82, 2.24) is 0 Å². The number of Topliss-reactive ketones (excluding diaryl/α,β-unsaturated/α-hetero) is 1. The van der Waals surface area contributed by atoms with Crippen LogP contribution in [0.1, 0.15) is 53.4 Å².